The van der Waals surface area contributed by atoms with Crippen molar-refractivity contribution in [3.05, 3.63) is 23.8 Å². The van der Waals surface area contributed by atoms with Gasteiger partial charge in [0.1, 0.15) is 0 Å². The van der Waals surface area contributed by atoms with Crippen LogP contribution in [0.4, 0.5) is 11.4 Å². The van der Waals surface area contributed by atoms with Crippen LogP contribution in [0.5, 0.6) is 0 Å². The van der Waals surface area contributed by atoms with Crippen molar-refractivity contribution in [3.63, 3.8) is 0 Å². The topological polar surface area (TPSA) is 41.6 Å². The Morgan fingerprint density at radius 2 is 1.94 bits per heavy atom. The molecule has 0 saturated heterocycles. The summed E-state index contributed by atoms with van der Waals surface area (Å²) in [6.45, 7) is 5.76. The van der Waals surface area contributed by atoms with E-state index in [4.69, 9.17) is 5.73 Å². The number of hydrogen-bond donors (Lipinski definition) is 1. The molecular formula is C15H23N3. The Kier molecular flexibility index (Phi) is 4.02. The lowest BCUT2D eigenvalue weighted by molar-refractivity contribution is 0.385. The Morgan fingerprint density at radius 1 is 1.28 bits per heavy atom. The van der Waals surface area contributed by atoms with Crippen molar-refractivity contribution in [1.82, 2.24) is 0 Å². The molecule has 2 N–H and O–H groups in total. The van der Waals surface area contributed by atoms with Crippen molar-refractivity contribution in [3.8, 4) is 0 Å². The summed E-state index contributed by atoms with van der Waals surface area (Å²) in [7, 11) is 2.15. The van der Waals surface area contributed by atoms with Gasteiger partial charge in [0.05, 0.1) is 11.4 Å². The van der Waals surface area contributed by atoms with E-state index in [9.17, 15) is 0 Å². The summed E-state index contributed by atoms with van der Waals surface area (Å²) in [5.74, 6) is 0. The van der Waals surface area contributed by atoms with Crippen LogP contribution in [0.25, 0.3) is 0 Å². The third-order valence-corrected chi connectivity index (χ3v) is 3.97. The van der Waals surface area contributed by atoms with Crippen LogP contribution in [-0.2, 0) is 0 Å². The smallest absolute Gasteiger partial charge is 0.0858 e. The third kappa shape index (κ3) is 2.72. The normalized spacial score (nSPS) is 23.7. The second-order valence-corrected chi connectivity index (χ2v) is 5.33. The molecule has 2 rings (SSSR count). The SMILES string of the molecule is C=Nc1cc(C)ccc1N(C)C1CCC(N)CC1. The molecule has 0 spiro atoms. The Hall–Kier alpha value is -1.35. The minimum atomic E-state index is 0.393. The number of hydrogen-bond acceptors (Lipinski definition) is 3. The van der Waals surface area contributed by atoms with E-state index < -0.39 is 0 Å². The lowest BCUT2D eigenvalue weighted by Gasteiger charge is -2.35. The number of nitrogens with zero attached hydrogens (tertiary/aromatic N) is 2. The average Bonchev–Trinajstić information content (AvgIpc) is 2.38. The molecule has 3 heteroatoms. The predicted molar refractivity (Wildman–Crippen MR) is 79.0 cm³/mol. The van der Waals surface area contributed by atoms with Crippen molar-refractivity contribution in [1.29, 1.82) is 0 Å². The number of benzene rings is 1. The zero-order chi connectivity index (χ0) is 13.1. The molecule has 3 nitrogen and oxygen atoms in total. The van der Waals surface area contributed by atoms with Gasteiger partial charge in [0.25, 0.3) is 0 Å². The zero-order valence-corrected chi connectivity index (χ0v) is 11.4. The largest absolute Gasteiger partial charge is 0.370 e. The molecule has 0 atom stereocenters. The summed E-state index contributed by atoms with van der Waals surface area (Å²) < 4.78 is 0. The van der Waals surface area contributed by atoms with Gasteiger partial charge in [-0.15, -0.1) is 0 Å². The van der Waals surface area contributed by atoms with E-state index in [0.717, 1.165) is 18.5 Å². The first kappa shape index (κ1) is 13.1. The number of aliphatic imine (C=N–C) groups is 1. The van der Waals surface area contributed by atoms with E-state index in [1.54, 1.807) is 0 Å². The van der Waals surface area contributed by atoms with Gasteiger partial charge in [0, 0.05) is 19.1 Å². The maximum absolute atomic E-state index is 5.96. The van der Waals surface area contributed by atoms with Gasteiger partial charge in [-0.25, -0.2) is 0 Å². The van der Waals surface area contributed by atoms with Crippen molar-refractivity contribution in [2.75, 3.05) is 11.9 Å². The van der Waals surface area contributed by atoms with Gasteiger partial charge in [-0.2, -0.15) is 0 Å². The fourth-order valence-corrected chi connectivity index (χ4v) is 2.74. The molecule has 0 bridgehead atoms. The highest BCUT2D eigenvalue weighted by Crippen LogP contribution is 2.33. The molecule has 1 fully saturated rings. The molecular weight excluding hydrogens is 222 g/mol. The van der Waals surface area contributed by atoms with E-state index in [-0.39, 0.29) is 0 Å². The number of anilines is 1. The van der Waals surface area contributed by atoms with E-state index in [1.807, 2.05) is 0 Å². The molecule has 0 aliphatic heterocycles. The maximum Gasteiger partial charge on any atom is 0.0858 e. The van der Waals surface area contributed by atoms with Gasteiger partial charge in [-0.1, -0.05) is 6.07 Å². The Labute approximate surface area is 110 Å². The molecule has 1 aliphatic rings. The molecule has 0 heterocycles. The molecule has 18 heavy (non-hydrogen) atoms. The van der Waals surface area contributed by atoms with Crippen molar-refractivity contribution in [2.24, 2.45) is 10.7 Å². The summed E-state index contributed by atoms with van der Waals surface area (Å²) in [5.41, 5.74) is 9.34. The fourth-order valence-electron chi connectivity index (χ4n) is 2.74. The fraction of sp³-hybridized carbons (Fsp3) is 0.533. The van der Waals surface area contributed by atoms with Crippen LogP contribution in [-0.4, -0.2) is 25.8 Å². The number of rotatable bonds is 3. The van der Waals surface area contributed by atoms with Gasteiger partial charge in [0.15, 0.2) is 0 Å². The lowest BCUT2D eigenvalue weighted by Crippen LogP contribution is -2.38. The summed E-state index contributed by atoms with van der Waals surface area (Å²) in [6, 6.07) is 7.34. The van der Waals surface area contributed by atoms with E-state index in [2.05, 4.69) is 48.8 Å². The second kappa shape index (κ2) is 5.53. The van der Waals surface area contributed by atoms with Crippen molar-refractivity contribution >= 4 is 18.1 Å². The minimum Gasteiger partial charge on any atom is -0.370 e. The lowest BCUT2D eigenvalue weighted by atomic mass is 9.90. The Balaban J connectivity index is 2.17. The molecule has 1 aliphatic carbocycles. The van der Waals surface area contributed by atoms with Crippen LogP contribution in [0.15, 0.2) is 23.2 Å². The molecule has 0 aromatic heterocycles. The predicted octanol–water partition coefficient (Wildman–Crippen LogP) is 3.03. The van der Waals surface area contributed by atoms with Crippen LogP contribution in [0.3, 0.4) is 0 Å². The molecule has 1 aromatic rings. The first-order valence-corrected chi connectivity index (χ1v) is 6.67. The summed E-state index contributed by atoms with van der Waals surface area (Å²) in [5, 5.41) is 0. The first-order valence-electron chi connectivity index (χ1n) is 6.67. The summed E-state index contributed by atoms with van der Waals surface area (Å²) in [4.78, 5) is 6.49. The minimum absolute atomic E-state index is 0.393. The van der Waals surface area contributed by atoms with Crippen LogP contribution in [0, 0.1) is 6.92 Å². The van der Waals surface area contributed by atoms with Crippen molar-refractivity contribution < 1.29 is 0 Å². The van der Waals surface area contributed by atoms with Gasteiger partial charge < -0.3 is 10.6 Å². The molecule has 0 unspecified atom stereocenters. The van der Waals surface area contributed by atoms with Gasteiger partial charge in [-0.05, 0) is 57.0 Å². The van der Waals surface area contributed by atoms with Crippen LogP contribution in [0.2, 0.25) is 0 Å². The molecule has 1 aromatic carbocycles. The summed E-state index contributed by atoms with van der Waals surface area (Å²) >= 11 is 0. The number of aryl methyl sites for hydroxylation is 1. The molecule has 98 valence electrons. The number of nitrogens with two attached hydrogens (primary N) is 1. The van der Waals surface area contributed by atoms with Gasteiger partial charge >= 0.3 is 0 Å². The second-order valence-electron chi connectivity index (χ2n) is 5.33. The Morgan fingerprint density at radius 3 is 2.56 bits per heavy atom. The standard InChI is InChI=1S/C15H23N3/c1-11-4-9-15(14(10-11)17-2)18(3)13-7-5-12(16)6-8-13/h4,9-10,12-13H,2,5-8,16H2,1,3H3. The van der Waals surface area contributed by atoms with Crippen LogP contribution >= 0.6 is 0 Å². The van der Waals surface area contributed by atoms with Crippen LogP contribution in [0.1, 0.15) is 31.2 Å². The van der Waals surface area contributed by atoms with Gasteiger partial charge in [0.2, 0.25) is 0 Å². The Bertz CT molecular complexity index is 420. The zero-order valence-electron chi connectivity index (χ0n) is 11.4. The molecule has 1 saturated carbocycles. The molecule has 0 radical (unpaired) electrons. The molecule has 0 amide bonds. The van der Waals surface area contributed by atoms with E-state index >= 15 is 0 Å². The van der Waals surface area contributed by atoms with Crippen molar-refractivity contribution in [2.45, 2.75) is 44.7 Å². The quantitative estimate of drug-likeness (QED) is 0.832. The highest BCUT2D eigenvalue weighted by Gasteiger charge is 2.23. The van der Waals surface area contributed by atoms with E-state index in [0.29, 0.717) is 12.1 Å². The highest BCUT2D eigenvalue weighted by molar-refractivity contribution is 5.70. The van der Waals surface area contributed by atoms with Gasteiger partial charge in [-0.3, -0.25) is 4.99 Å². The third-order valence-electron chi connectivity index (χ3n) is 3.97. The van der Waals surface area contributed by atoms with Crippen LogP contribution < -0.4 is 10.6 Å². The highest BCUT2D eigenvalue weighted by atomic mass is 15.1. The first-order chi connectivity index (χ1) is 8.61. The van der Waals surface area contributed by atoms with E-state index in [1.165, 1.54) is 24.1 Å². The summed E-state index contributed by atoms with van der Waals surface area (Å²) in [6.07, 6.45) is 4.58. The average molecular weight is 245 g/mol. The maximum atomic E-state index is 5.96. The monoisotopic (exact) mass is 245 g/mol.